The summed E-state index contributed by atoms with van der Waals surface area (Å²) >= 11 is 0. The molecule has 0 heterocycles. The highest BCUT2D eigenvalue weighted by Crippen LogP contribution is 2.45. The number of rotatable bonds is 8. The second kappa shape index (κ2) is 8.04. The van der Waals surface area contributed by atoms with Gasteiger partial charge < -0.3 is 9.84 Å². The molecule has 138 valence electrons. The maximum atomic E-state index is 13.7. The fraction of sp³-hybridized carbons (Fsp3) is 0.600. The molecule has 2 nitrogen and oxygen atoms in total. The third kappa shape index (κ3) is 4.75. The highest BCUT2D eigenvalue weighted by molar-refractivity contribution is 5.36. The Bertz CT molecular complexity index is 533. The van der Waals surface area contributed by atoms with Crippen LogP contribution in [-0.4, -0.2) is 30.0 Å². The van der Waals surface area contributed by atoms with Crippen LogP contribution in [-0.2, 0) is 0 Å². The Labute approximate surface area is 134 Å². The summed E-state index contributed by atoms with van der Waals surface area (Å²) < 4.78 is 95.1. The van der Waals surface area contributed by atoms with Gasteiger partial charge in [0.1, 0.15) is 11.6 Å². The van der Waals surface area contributed by atoms with Gasteiger partial charge >= 0.3 is 6.18 Å². The summed E-state index contributed by atoms with van der Waals surface area (Å²) in [6, 6.07) is 2.60. The van der Waals surface area contributed by atoms with E-state index in [9.17, 15) is 35.8 Å². The lowest BCUT2D eigenvalue weighted by atomic mass is 9.93. The lowest BCUT2D eigenvalue weighted by molar-refractivity contribution is -0.276. The molecule has 0 fully saturated rings. The van der Waals surface area contributed by atoms with Crippen molar-refractivity contribution in [1.29, 1.82) is 0 Å². The van der Waals surface area contributed by atoms with Crippen LogP contribution < -0.4 is 4.74 Å². The summed E-state index contributed by atoms with van der Waals surface area (Å²) in [6.07, 6.45) is -13.3. The number of ether oxygens (including phenoxy) is 1. The third-order valence-electron chi connectivity index (χ3n) is 3.39. The van der Waals surface area contributed by atoms with E-state index in [1.807, 2.05) is 6.92 Å². The van der Waals surface area contributed by atoms with E-state index in [0.717, 1.165) is 18.6 Å². The van der Waals surface area contributed by atoms with E-state index in [2.05, 4.69) is 0 Å². The van der Waals surface area contributed by atoms with Crippen LogP contribution in [0, 0.1) is 5.82 Å². The molecule has 0 bridgehead atoms. The minimum atomic E-state index is -5.89. The molecule has 9 heteroatoms. The number of halogens is 7. The fourth-order valence-electron chi connectivity index (χ4n) is 1.96. The van der Waals surface area contributed by atoms with E-state index >= 15 is 0 Å². The lowest BCUT2D eigenvalue weighted by Gasteiger charge is -2.29. The quantitative estimate of drug-likeness (QED) is 0.523. The first kappa shape index (κ1) is 20.5. The van der Waals surface area contributed by atoms with Gasteiger partial charge in [-0.2, -0.15) is 13.2 Å². The van der Waals surface area contributed by atoms with Crippen molar-refractivity contribution in [2.24, 2.45) is 0 Å². The molecule has 1 aromatic rings. The van der Waals surface area contributed by atoms with Gasteiger partial charge in [0, 0.05) is 12.0 Å². The van der Waals surface area contributed by atoms with Gasteiger partial charge in [-0.15, -0.1) is 0 Å². The molecule has 24 heavy (non-hydrogen) atoms. The zero-order chi connectivity index (χ0) is 18.5. The van der Waals surface area contributed by atoms with Gasteiger partial charge in [-0.1, -0.05) is 13.3 Å². The predicted molar refractivity (Wildman–Crippen MR) is 72.3 cm³/mol. The second-order valence-corrected chi connectivity index (χ2v) is 5.27. The number of aliphatic hydroxyl groups is 1. The van der Waals surface area contributed by atoms with Gasteiger partial charge in [-0.25, -0.2) is 17.6 Å². The van der Waals surface area contributed by atoms with Crippen molar-refractivity contribution in [2.75, 3.05) is 6.61 Å². The molecule has 0 radical (unpaired) electrons. The van der Waals surface area contributed by atoms with E-state index in [0.29, 0.717) is 12.5 Å². The van der Waals surface area contributed by atoms with Gasteiger partial charge in [0.2, 0.25) is 0 Å². The largest absolute Gasteiger partial charge is 0.493 e. The SMILES string of the molecule is CCCCOc1ccc(F)cc1C(O)CC(F)(C(F)F)C(F)(F)F. The number of alkyl halides is 6. The van der Waals surface area contributed by atoms with Crippen LogP contribution in [0.2, 0.25) is 0 Å². The average Bonchev–Trinajstić information content (AvgIpc) is 2.47. The Morgan fingerprint density at radius 3 is 2.29 bits per heavy atom. The molecule has 0 saturated carbocycles. The summed E-state index contributed by atoms with van der Waals surface area (Å²) in [4.78, 5) is 0. The molecular formula is C15H17F7O2. The Balaban J connectivity index is 3.08. The molecule has 0 amide bonds. The number of unbranched alkanes of at least 4 members (excludes halogenated alkanes) is 1. The van der Waals surface area contributed by atoms with Crippen molar-refractivity contribution in [2.45, 2.75) is 50.6 Å². The molecule has 1 rings (SSSR count). The van der Waals surface area contributed by atoms with Crippen molar-refractivity contribution in [1.82, 2.24) is 0 Å². The van der Waals surface area contributed by atoms with Crippen LogP contribution in [0.3, 0.4) is 0 Å². The molecule has 2 unspecified atom stereocenters. The van der Waals surface area contributed by atoms with Gasteiger partial charge in [0.05, 0.1) is 12.7 Å². The standard InChI is InChI=1S/C15H17F7O2/c1-2-3-6-24-12-5-4-9(16)7-10(12)11(23)8-14(19,13(17)18)15(20,21)22/h4-5,7,11,13,23H,2-3,6,8H2,1H3. The monoisotopic (exact) mass is 362 g/mol. The predicted octanol–water partition coefficient (Wildman–Crippen LogP) is 4.96. The lowest BCUT2D eigenvalue weighted by Crippen LogP contribution is -2.48. The summed E-state index contributed by atoms with van der Waals surface area (Å²) in [5, 5.41) is 9.81. The normalized spacial score (nSPS) is 16.1. The Hall–Kier alpha value is -1.51. The van der Waals surface area contributed by atoms with Crippen LogP contribution in [0.25, 0.3) is 0 Å². The number of hydrogen-bond acceptors (Lipinski definition) is 2. The summed E-state index contributed by atoms with van der Waals surface area (Å²) in [7, 11) is 0. The molecule has 0 aliphatic carbocycles. The van der Waals surface area contributed by atoms with E-state index in [1.165, 1.54) is 0 Å². The summed E-state index contributed by atoms with van der Waals surface area (Å²) in [5.74, 6) is -1.11. The number of benzene rings is 1. The van der Waals surface area contributed by atoms with Crippen LogP contribution in [0.5, 0.6) is 5.75 Å². The molecule has 0 aliphatic rings. The third-order valence-corrected chi connectivity index (χ3v) is 3.39. The number of aliphatic hydroxyl groups excluding tert-OH is 1. The van der Waals surface area contributed by atoms with Gasteiger partial charge in [0.15, 0.2) is 0 Å². The van der Waals surface area contributed by atoms with E-state index in [1.54, 1.807) is 0 Å². The summed E-state index contributed by atoms with van der Waals surface area (Å²) in [6.45, 7) is 1.96. The van der Waals surface area contributed by atoms with Crippen molar-refractivity contribution in [3.05, 3.63) is 29.6 Å². The molecular weight excluding hydrogens is 345 g/mol. The second-order valence-electron chi connectivity index (χ2n) is 5.27. The van der Waals surface area contributed by atoms with E-state index in [4.69, 9.17) is 4.74 Å². The first-order chi connectivity index (χ1) is 11.0. The van der Waals surface area contributed by atoms with Gasteiger partial charge in [0.25, 0.3) is 12.1 Å². The van der Waals surface area contributed by atoms with Crippen molar-refractivity contribution in [3.63, 3.8) is 0 Å². The molecule has 0 saturated heterocycles. The minimum absolute atomic E-state index is 0.122. The van der Waals surface area contributed by atoms with Gasteiger partial charge in [-0.05, 0) is 24.6 Å². The van der Waals surface area contributed by atoms with Crippen LogP contribution in [0.4, 0.5) is 30.7 Å². The smallest absolute Gasteiger partial charge is 0.428 e. The van der Waals surface area contributed by atoms with Crippen molar-refractivity contribution < 1.29 is 40.6 Å². The minimum Gasteiger partial charge on any atom is -0.493 e. The highest BCUT2D eigenvalue weighted by atomic mass is 19.4. The summed E-state index contributed by atoms with van der Waals surface area (Å²) in [5.41, 5.74) is -5.43. The van der Waals surface area contributed by atoms with Gasteiger partial charge in [-0.3, -0.25) is 0 Å². The average molecular weight is 362 g/mol. The zero-order valence-electron chi connectivity index (χ0n) is 12.7. The maximum Gasteiger partial charge on any atom is 0.428 e. The zero-order valence-corrected chi connectivity index (χ0v) is 12.7. The molecule has 1 N–H and O–H groups in total. The Kier molecular flexibility index (Phi) is 6.88. The van der Waals surface area contributed by atoms with E-state index in [-0.39, 0.29) is 12.4 Å². The Morgan fingerprint density at radius 2 is 1.79 bits per heavy atom. The molecule has 2 atom stereocenters. The first-order valence-electron chi connectivity index (χ1n) is 7.17. The van der Waals surface area contributed by atoms with Crippen molar-refractivity contribution in [3.8, 4) is 5.75 Å². The highest BCUT2D eigenvalue weighted by Gasteiger charge is 2.63. The van der Waals surface area contributed by atoms with Crippen molar-refractivity contribution >= 4 is 0 Å². The van der Waals surface area contributed by atoms with Crippen LogP contribution in [0.1, 0.15) is 37.9 Å². The van der Waals surface area contributed by atoms with Crippen LogP contribution >= 0.6 is 0 Å². The molecule has 0 aromatic heterocycles. The van der Waals surface area contributed by atoms with E-state index < -0.39 is 42.2 Å². The maximum absolute atomic E-state index is 13.7. The van der Waals surface area contributed by atoms with Crippen LogP contribution in [0.15, 0.2) is 18.2 Å². The topological polar surface area (TPSA) is 29.5 Å². The fourth-order valence-corrected chi connectivity index (χ4v) is 1.96. The molecule has 1 aromatic carbocycles. The number of hydrogen-bond donors (Lipinski definition) is 1. The molecule has 0 spiro atoms. The first-order valence-corrected chi connectivity index (χ1v) is 7.17. The molecule has 0 aliphatic heterocycles. The Morgan fingerprint density at radius 1 is 1.17 bits per heavy atom.